The van der Waals surface area contributed by atoms with Gasteiger partial charge in [-0.25, -0.2) is 0 Å². The van der Waals surface area contributed by atoms with Crippen molar-refractivity contribution in [3.05, 3.63) is 144 Å². The molecule has 5 rings (SSSR count). The number of aliphatic hydroxyl groups excluding tert-OH is 2. The van der Waals surface area contributed by atoms with Gasteiger partial charge in [0.25, 0.3) is 0 Å². The smallest absolute Gasteiger partial charge is 0.235 e. The van der Waals surface area contributed by atoms with Gasteiger partial charge in [-0.2, -0.15) is 0 Å². The van der Waals surface area contributed by atoms with E-state index in [1.54, 1.807) is 0 Å². The largest absolute Gasteiger partial charge is 0.384 e. The van der Waals surface area contributed by atoms with Gasteiger partial charge in [-0.3, -0.25) is 9.48 Å². The molecule has 4 heteroatoms. The van der Waals surface area contributed by atoms with Gasteiger partial charge in [0.15, 0.2) is 12.1 Å². The van der Waals surface area contributed by atoms with Gasteiger partial charge in [-0.05, 0) is 22.3 Å². The molecule has 0 unspecified atom stereocenters. The molecule has 1 heterocycles. The highest BCUT2D eigenvalue weighted by Crippen LogP contribution is 2.37. The Morgan fingerprint density at radius 3 is 1.49 bits per heavy atom. The van der Waals surface area contributed by atoms with Crippen LogP contribution in [0.25, 0.3) is 0 Å². The van der Waals surface area contributed by atoms with Crippen LogP contribution in [-0.4, -0.2) is 39.1 Å². The number of aliphatic hydroxyl groups is 2. The van der Waals surface area contributed by atoms with E-state index < -0.39 is 12.2 Å². The van der Waals surface area contributed by atoms with E-state index in [1.807, 2.05) is 97.1 Å². The maximum absolute atomic E-state index is 11.5. The third-order valence-corrected chi connectivity index (χ3v) is 6.79. The summed E-state index contributed by atoms with van der Waals surface area (Å²) in [6.45, 7) is 1.49. The van der Waals surface area contributed by atoms with Gasteiger partial charge in [0, 0.05) is 0 Å². The monoisotopic (exact) mass is 463 g/mol. The van der Waals surface area contributed by atoms with Gasteiger partial charge in [0.1, 0.15) is 25.3 Å². The number of hydrogen-bond donors (Lipinski definition) is 2. The Morgan fingerprint density at radius 2 is 0.971 bits per heavy atom. The molecule has 4 atom stereocenters. The van der Waals surface area contributed by atoms with Crippen LogP contribution in [0.4, 0.5) is 0 Å². The molecule has 4 aromatic carbocycles. The average Bonchev–Trinajstić information content (AvgIpc) is 3.40. The van der Waals surface area contributed by atoms with Crippen molar-refractivity contribution in [2.75, 3.05) is 13.1 Å². The Hall–Kier alpha value is -3.73. The van der Waals surface area contributed by atoms with E-state index in [2.05, 4.69) is 40.1 Å². The molecule has 0 radical (unpaired) electrons. The van der Waals surface area contributed by atoms with Gasteiger partial charge in [-0.15, -0.1) is 0 Å². The van der Waals surface area contributed by atoms with Crippen LogP contribution in [0, 0.1) is 0 Å². The van der Waals surface area contributed by atoms with Crippen molar-refractivity contribution >= 4 is 6.34 Å². The van der Waals surface area contributed by atoms with Crippen molar-refractivity contribution in [1.29, 1.82) is 0 Å². The molecular formula is C31H31N2O2+. The summed E-state index contributed by atoms with van der Waals surface area (Å²) < 4.78 is 2.21. The van der Waals surface area contributed by atoms with E-state index in [1.165, 1.54) is 0 Å². The second kappa shape index (κ2) is 10.7. The summed E-state index contributed by atoms with van der Waals surface area (Å²) in [5, 5.41) is 23.0. The molecule has 0 fully saturated rings. The van der Waals surface area contributed by atoms with Crippen LogP contribution in [0.15, 0.2) is 121 Å². The summed E-state index contributed by atoms with van der Waals surface area (Å²) in [5.41, 5.74) is 3.89. The van der Waals surface area contributed by atoms with Crippen LogP contribution in [-0.2, 0) is 0 Å². The number of hydrogen-bond acceptors (Lipinski definition) is 3. The van der Waals surface area contributed by atoms with E-state index in [-0.39, 0.29) is 12.1 Å². The highest BCUT2D eigenvalue weighted by atomic mass is 16.3. The van der Waals surface area contributed by atoms with Crippen LogP contribution >= 0.6 is 0 Å². The van der Waals surface area contributed by atoms with E-state index in [0.29, 0.717) is 0 Å². The first-order valence-corrected chi connectivity index (χ1v) is 12.1. The molecule has 0 spiro atoms. The van der Waals surface area contributed by atoms with Gasteiger partial charge in [-0.1, -0.05) is 121 Å². The summed E-state index contributed by atoms with van der Waals surface area (Å²) in [4.78, 5) is 2.21. The molecule has 4 nitrogen and oxygen atoms in total. The molecule has 1 aliphatic heterocycles. The molecule has 0 saturated heterocycles. The van der Waals surface area contributed by atoms with Crippen molar-refractivity contribution < 1.29 is 14.8 Å². The minimum atomic E-state index is -0.691. The lowest BCUT2D eigenvalue weighted by Crippen LogP contribution is -2.31. The molecule has 0 aromatic heterocycles. The third-order valence-electron chi connectivity index (χ3n) is 6.79. The topological polar surface area (TPSA) is 46.7 Å². The third kappa shape index (κ3) is 5.04. The Kier molecular flexibility index (Phi) is 7.03. The van der Waals surface area contributed by atoms with Crippen molar-refractivity contribution in [3.63, 3.8) is 0 Å². The van der Waals surface area contributed by atoms with Crippen LogP contribution in [0.5, 0.6) is 0 Å². The van der Waals surface area contributed by atoms with Gasteiger partial charge >= 0.3 is 0 Å². The number of benzene rings is 4. The second-order valence-electron chi connectivity index (χ2n) is 9.01. The molecule has 1 aliphatic rings. The predicted octanol–water partition coefficient (Wildman–Crippen LogP) is 5.29. The zero-order chi connectivity index (χ0) is 24.0. The highest BCUT2D eigenvalue weighted by Gasteiger charge is 2.39. The van der Waals surface area contributed by atoms with Crippen LogP contribution in [0.3, 0.4) is 0 Å². The van der Waals surface area contributed by atoms with Gasteiger partial charge in [0.05, 0.1) is 0 Å². The number of nitrogens with zero attached hydrogens (tertiary/aromatic N) is 2. The number of rotatable bonds is 8. The Bertz CT molecular complexity index is 1230. The SMILES string of the molecule is O[C@H](c1ccccc1)[C@H](c1ccccc1)N1C=[N+]([C@@H](c2ccccc2)[C@H](O)c2ccccc2)CC1. The first kappa shape index (κ1) is 23.0. The Labute approximate surface area is 207 Å². The van der Waals surface area contributed by atoms with Crippen molar-refractivity contribution in [2.45, 2.75) is 24.3 Å². The van der Waals surface area contributed by atoms with Gasteiger partial charge in [0.2, 0.25) is 6.34 Å². The molecular weight excluding hydrogens is 432 g/mol. The van der Waals surface area contributed by atoms with E-state index in [9.17, 15) is 10.2 Å². The van der Waals surface area contributed by atoms with Crippen LogP contribution < -0.4 is 0 Å². The highest BCUT2D eigenvalue weighted by molar-refractivity contribution is 5.53. The Balaban J connectivity index is 1.53. The fraction of sp³-hybridized carbons (Fsp3) is 0.194. The predicted molar refractivity (Wildman–Crippen MR) is 139 cm³/mol. The minimum Gasteiger partial charge on any atom is -0.384 e. The van der Waals surface area contributed by atoms with Crippen LogP contribution in [0.1, 0.15) is 46.5 Å². The zero-order valence-electron chi connectivity index (χ0n) is 19.6. The first-order chi connectivity index (χ1) is 17.2. The summed E-state index contributed by atoms with van der Waals surface area (Å²) in [6, 6.07) is 39.5. The lowest BCUT2D eigenvalue weighted by molar-refractivity contribution is -0.572. The molecule has 0 saturated carbocycles. The lowest BCUT2D eigenvalue weighted by atomic mass is 9.95. The quantitative estimate of drug-likeness (QED) is 0.349. The molecule has 35 heavy (non-hydrogen) atoms. The molecule has 4 aromatic rings. The maximum Gasteiger partial charge on any atom is 0.235 e. The Morgan fingerprint density at radius 1 is 0.543 bits per heavy atom. The fourth-order valence-electron chi connectivity index (χ4n) is 5.03. The molecule has 0 aliphatic carbocycles. The fourth-order valence-corrected chi connectivity index (χ4v) is 5.03. The standard InChI is InChI=1S/C31H31N2O2/c34-30(26-17-9-3-10-18-26)28(24-13-5-1-6-14-24)32-21-22-33(23-32)29(25-15-7-2-8-16-25)31(35)27-19-11-4-12-20-27/h1-20,23,28-31,34-35H,21-22H2/q+1/t28-,29-,30+,31+/m0/s1. The van der Waals surface area contributed by atoms with E-state index >= 15 is 0 Å². The second-order valence-corrected chi connectivity index (χ2v) is 9.01. The van der Waals surface area contributed by atoms with Crippen LogP contribution in [0.2, 0.25) is 0 Å². The lowest BCUT2D eigenvalue weighted by Gasteiger charge is -2.26. The summed E-state index contributed by atoms with van der Waals surface area (Å²) in [7, 11) is 0. The van der Waals surface area contributed by atoms with Crippen molar-refractivity contribution in [3.8, 4) is 0 Å². The van der Waals surface area contributed by atoms with Crippen molar-refractivity contribution in [1.82, 2.24) is 4.90 Å². The van der Waals surface area contributed by atoms with Gasteiger partial charge < -0.3 is 10.2 Å². The molecule has 176 valence electrons. The first-order valence-electron chi connectivity index (χ1n) is 12.1. The summed E-state index contributed by atoms with van der Waals surface area (Å²) in [6.07, 6.45) is 0.709. The zero-order valence-corrected chi connectivity index (χ0v) is 19.6. The summed E-state index contributed by atoms with van der Waals surface area (Å²) in [5.74, 6) is 0. The minimum absolute atomic E-state index is 0.242. The van der Waals surface area contributed by atoms with Crippen molar-refractivity contribution in [2.24, 2.45) is 0 Å². The average molecular weight is 464 g/mol. The summed E-state index contributed by atoms with van der Waals surface area (Å²) >= 11 is 0. The maximum atomic E-state index is 11.5. The molecule has 0 amide bonds. The molecule has 0 bridgehead atoms. The van der Waals surface area contributed by atoms with E-state index in [4.69, 9.17) is 0 Å². The normalized spacial score (nSPS) is 16.9. The van der Waals surface area contributed by atoms with E-state index in [0.717, 1.165) is 35.3 Å². The molecule has 2 N–H and O–H groups in total.